The molecule has 31 heavy (non-hydrogen) atoms. The molecule has 0 bridgehead atoms. The molecule has 0 unspecified atom stereocenters. The number of pyridine rings is 1. The maximum atomic E-state index is 13.7. The minimum absolute atomic E-state index is 0.0573. The van der Waals surface area contributed by atoms with E-state index < -0.39 is 0 Å². The molecule has 154 valence electrons. The molecule has 0 radical (unpaired) electrons. The Morgan fingerprint density at radius 1 is 0.839 bits per heavy atom. The van der Waals surface area contributed by atoms with Crippen LogP contribution < -0.4 is 4.90 Å². The highest BCUT2D eigenvalue weighted by molar-refractivity contribution is 6.09. The van der Waals surface area contributed by atoms with E-state index in [1.165, 1.54) is 0 Å². The number of hydrogen-bond donors (Lipinski definition) is 0. The second kappa shape index (κ2) is 8.14. The summed E-state index contributed by atoms with van der Waals surface area (Å²) in [5.41, 5.74) is 4.38. The van der Waals surface area contributed by atoms with E-state index in [9.17, 15) is 4.79 Å². The van der Waals surface area contributed by atoms with Gasteiger partial charge < -0.3 is 9.80 Å². The first-order valence-electron chi connectivity index (χ1n) is 10.5. The van der Waals surface area contributed by atoms with Gasteiger partial charge in [0.15, 0.2) is 0 Å². The third kappa shape index (κ3) is 3.61. The molecule has 5 rings (SSSR count). The Balaban J connectivity index is 1.50. The fraction of sp³-hybridized carbons (Fsp3) is 0.200. The molecule has 0 aliphatic carbocycles. The molecule has 2 aromatic carbocycles. The first-order valence-corrected chi connectivity index (χ1v) is 10.5. The Morgan fingerprint density at radius 3 is 2.26 bits per heavy atom. The molecule has 2 aromatic heterocycles. The standard InChI is InChI=1S/C25H23N5O/c1-18-22(24(31)29-14-16-30(17-15-29)25-26-12-7-13-27-25)20-10-5-6-11-21(20)28-23(18)19-8-3-2-4-9-19/h2-13H,14-17H2,1H3. The van der Waals surface area contributed by atoms with E-state index >= 15 is 0 Å². The van der Waals surface area contributed by atoms with Gasteiger partial charge in [-0.2, -0.15) is 0 Å². The molecule has 3 heterocycles. The molecular formula is C25H23N5O. The third-order valence-electron chi connectivity index (χ3n) is 5.80. The molecule has 0 N–H and O–H groups in total. The zero-order chi connectivity index (χ0) is 21.2. The van der Waals surface area contributed by atoms with E-state index in [1.807, 2.05) is 72.5 Å². The molecular weight excluding hydrogens is 386 g/mol. The number of rotatable bonds is 3. The van der Waals surface area contributed by atoms with Crippen molar-refractivity contribution in [2.24, 2.45) is 0 Å². The normalized spacial score (nSPS) is 14.1. The zero-order valence-corrected chi connectivity index (χ0v) is 17.4. The predicted octanol–water partition coefficient (Wildman–Crippen LogP) is 3.96. The lowest BCUT2D eigenvalue weighted by Gasteiger charge is -2.35. The fourth-order valence-electron chi connectivity index (χ4n) is 4.18. The van der Waals surface area contributed by atoms with E-state index in [4.69, 9.17) is 4.98 Å². The number of aromatic nitrogens is 3. The SMILES string of the molecule is Cc1c(-c2ccccc2)nc2ccccc2c1C(=O)N1CCN(c2ncccn2)CC1. The van der Waals surface area contributed by atoms with Gasteiger partial charge >= 0.3 is 0 Å². The van der Waals surface area contributed by atoms with Gasteiger partial charge in [-0.25, -0.2) is 15.0 Å². The van der Waals surface area contributed by atoms with Crippen LogP contribution in [0.5, 0.6) is 0 Å². The van der Waals surface area contributed by atoms with Gasteiger partial charge in [-0.1, -0.05) is 48.5 Å². The van der Waals surface area contributed by atoms with Gasteiger partial charge in [0.1, 0.15) is 0 Å². The number of nitrogens with zero attached hydrogens (tertiary/aromatic N) is 5. The van der Waals surface area contributed by atoms with E-state index in [0.29, 0.717) is 32.1 Å². The summed E-state index contributed by atoms with van der Waals surface area (Å²) in [7, 11) is 0. The van der Waals surface area contributed by atoms with Crippen LogP contribution in [0.25, 0.3) is 22.2 Å². The summed E-state index contributed by atoms with van der Waals surface area (Å²) < 4.78 is 0. The summed E-state index contributed by atoms with van der Waals surface area (Å²) in [4.78, 5) is 31.3. The molecule has 1 aliphatic rings. The number of benzene rings is 2. The van der Waals surface area contributed by atoms with Gasteiger partial charge in [0.2, 0.25) is 5.95 Å². The first kappa shape index (κ1) is 19.2. The van der Waals surface area contributed by atoms with Crippen LogP contribution in [0.15, 0.2) is 73.1 Å². The van der Waals surface area contributed by atoms with Crippen LogP contribution >= 0.6 is 0 Å². The van der Waals surface area contributed by atoms with Crippen LogP contribution in [0.3, 0.4) is 0 Å². The van der Waals surface area contributed by atoms with Gasteiger partial charge in [-0.05, 0) is 24.6 Å². The summed E-state index contributed by atoms with van der Waals surface area (Å²) in [5, 5.41) is 0.901. The molecule has 6 nitrogen and oxygen atoms in total. The third-order valence-corrected chi connectivity index (χ3v) is 5.80. The topological polar surface area (TPSA) is 62.2 Å². The number of carbonyl (C=O) groups excluding carboxylic acids is 1. The summed E-state index contributed by atoms with van der Waals surface area (Å²) in [6, 6.07) is 19.8. The lowest BCUT2D eigenvalue weighted by molar-refractivity contribution is 0.0747. The van der Waals surface area contributed by atoms with Crippen molar-refractivity contribution in [3.63, 3.8) is 0 Å². The number of amides is 1. The number of piperazine rings is 1. The summed E-state index contributed by atoms with van der Waals surface area (Å²) in [6.45, 7) is 4.69. The van der Waals surface area contributed by atoms with Crippen LogP contribution in [0, 0.1) is 6.92 Å². The van der Waals surface area contributed by atoms with E-state index in [2.05, 4.69) is 14.9 Å². The highest BCUT2D eigenvalue weighted by Crippen LogP contribution is 2.30. The number of hydrogen-bond acceptors (Lipinski definition) is 5. The van der Waals surface area contributed by atoms with E-state index in [-0.39, 0.29) is 5.91 Å². The van der Waals surface area contributed by atoms with E-state index in [1.54, 1.807) is 12.4 Å². The molecule has 0 spiro atoms. The van der Waals surface area contributed by atoms with Crippen molar-refractivity contribution >= 4 is 22.8 Å². The molecule has 4 aromatic rings. The van der Waals surface area contributed by atoms with Crippen LogP contribution in [-0.2, 0) is 0 Å². The van der Waals surface area contributed by atoms with Gasteiger partial charge in [0, 0.05) is 49.5 Å². The quantitative estimate of drug-likeness (QED) is 0.513. The Hall–Kier alpha value is -3.80. The average molecular weight is 409 g/mol. The molecule has 1 amide bonds. The van der Waals surface area contributed by atoms with Crippen molar-refractivity contribution in [3.8, 4) is 11.3 Å². The van der Waals surface area contributed by atoms with Crippen LogP contribution in [0.2, 0.25) is 0 Å². The first-order chi connectivity index (χ1) is 15.2. The van der Waals surface area contributed by atoms with Crippen molar-refractivity contribution in [3.05, 3.63) is 84.2 Å². The van der Waals surface area contributed by atoms with Gasteiger partial charge in [-0.15, -0.1) is 0 Å². The summed E-state index contributed by atoms with van der Waals surface area (Å²) in [5.74, 6) is 0.772. The van der Waals surface area contributed by atoms with Gasteiger partial charge in [0.25, 0.3) is 5.91 Å². The molecule has 1 fully saturated rings. The summed E-state index contributed by atoms with van der Waals surface area (Å²) >= 11 is 0. The number of fused-ring (bicyclic) bond motifs is 1. The second-order valence-electron chi connectivity index (χ2n) is 7.67. The number of carbonyl (C=O) groups is 1. The van der Waals surface area contributed by atoms with E-state index in [0.717, 1.165) is 33.3 Å². The average Bonchev–Trinajstić information content (AvgIpc) is 2.84. The smallest absolute Gasteiger partial charge is 0.255 e. The maximum absolute atomic E-state index is 13.7. The Morgan fingerprint density at radius 2 is 1.52 bits per heavy atom. The summed E-state index contributed by atoms with van der Waals surface area (Å²) in [6.07, 6.45) is 3.49. The molecule has 1 aliphatic heterocycles. The Bertz CT molecular complexity index is 1220. The predicted molar refractivity (Wildman–Crippen MR) is 122 cm³/mol. The Kier molecular flexibility index (Phi) is 5.04. The van der Waals surface area contributed by atoms with Gasteiger partial charge in [0.05, 0.1) is 16.8 Å². The zero-order valence-electron chi connectivity index (χ0n) is 17.4. The lowest BCUT2D eigenvalue weighted by Crippen LogP contribution is -2.49. The van der Waals surface area contributed by atoms with Crippen molar-refractivity contribution in [2.75, 3.05) is 31.1 Å². The minimum atomic E-state index is 0.0573. The second-order valence-corrected chi connectivity index (χ2v) is 7.67. The monoisotopic (exact) mass is 409 g/mol. The van der Waals surface area contributed by atoms with Crippen molar-refractivity contribution in [2.45, 2.75) is 6.92 Å². The molecule has 6 heteroatoms. The highest BCUT2D eigenvalue weighted by atomic mass is 16.2. The maximum Gasteiger partial charge on any atom is 0.255 e. The van der Waals surface area contributed by atoms with Crippen LogP contribution in [0.4, 0.5) is 5.95 Å². The highest BCUT2D eigenvalue weighted by Gasteiger charge is 2.27. The van der Waals surface area contributed by atoms with Crippen LogP contribution in [0.1, 0.15) is 15.9 Å². The molecule has 0 atom stereocenters. The fourth-order valence-corrected chi connectivity index (χ4v) is 4.18. The largest absolute Gasteiger partial charge is 0.337 e. The van der Waals surface area contributed by atoms with Crippen molar-refractivity contribution in [1.82, 2.24) is 19.9 Å². The van der Waals surface area contributed by atoms with Gasteiger partial charge in [-0.3, -0.25) is 4.79 Å². The number of anilines is 1. The minimum Gasteiger partial charge on any atom is -0.337 e. The van der Waals surface area contributed by atoms with Crippen LogP contribution in [-0.4, -0.2) is 51.9 Å². The van der Waals surface area contributed by atoms with Crippen molar-refractivity contribution in [1.29, 1.82) is 0 Å². The lowest BCUT2D eigenvalue weighted by atomic mass is 9.96. The Labute approximate surface area is 181 Å². The van der Waals surface area contributed by atoms with Crippen molar-refractivity contribution < 1.29 is 4.79 Å². The molecule has 0 saturated carbocycles. The number of para-hydroxylation sites is 1. The molecule has 1 saturated heterocycles.